The lowest BCUT2D eigenvalue weighted by Crippen LogP contribution is -2.35. The Hall–Kier alpha value is -1.31. The summed E-state index contributed by atoms with van der Waals surface area (Å²) in [7, 11) is -2.03. The van der Waals surface area contributed by atoms with Gasteiger partial charge in [0.25, 0.3) is 0 Å². The van der Waals surface area contributed by atoms with Crippen molar-refractivity contribution in [2.75, 3.05) is 33.3 Å². The van der Waals surface area contributed by atoms with E-state index >= 15 is 0 Å². The van der Waals surface area contributed by atoms with Gasteiger partial charge in [0.15, 0.2) is 0 Å². The monoisotopic (exact) mass is 428 g/mol. The number of hydrogen-bond acceptors (Lipinski definition) is 4. The molecular formula is C19H22Cl2N2O3S. The Bertz CT molecular complexity index is 888. The van der Waals surface area contributed by atoms with E-state index in [9.17, 15) is 8.42 Å². The molecule has 146 valence electrons. The molecule has 0 radical (unpaired) electrons. The minimum Gasteiger partial charge on any atom is -0.497 e. The van der Waals surface area contributed by atoms with E-state index in [1.54, 1.807) is 19.2 Å². The van der Waals surface area contributed by atoms with Gasteiger partial charge in [-0.2, -0.15) is 4.31 Å². The molecule has 0 bridgehead atoms. The number of rotatable bonds is 5. The molecule has 0 amide bonds. The highest BCUT2D eigenvalue weighted by Gasteiger charge is 2.29. The molecule has 27 heavy (non-hydrogen) atoms. The standard InChI is InChI=1S/C19H22Cl2N2O3S/c1-26-16-8-6-15(7-9-16)14-22-10-3-11-23(13-12-22)27(24,25)18-5-2-4-17(20)19(18)21/h2,4-9H,3,10-14H2,1H3. The van der Waals surface area contributed by atoms with Crippen molar-refractivity contribution in [1.29, 1.82) is 0 Å². The molecule has 0 saturated carbocycles. The van der Waals surface area contributed by atoms with Crippen LogP contribution in [0.1, 0.15) is 12.0 Å². The van der Waals surface area contributed by atoms with Crippen LogP contribution in [0.25, 0.3) is 0 Å². The number of halogens is 2. The van der Waals surface area contributed by atoms with Crippen molar-refractivity contribution in [3.63, 3.8) is 0 Å². The molecule has 1 heterocycles. The van der Waals surface area contributed by atoms with Gasteiger partial charge in [-0.25, -0.2) is 8.42 Å². The normalized spacial score (nSPS) is 16.9. The second-order valence-corrected chi connectivity index (χ2v) is 9.13. The average Bonchev–Trinajstić information content (AvgIpc) is 2.90. The minimum absolute atomic E-state index is 0.0697. The number of ether oxygens (including phenoxy) is 1. The van der Waals surface area contributed by atoms with Crippen molar-refractivity contribution in [1.82, 2.24) is 9.21 Å². The van der Waals surface area contributed by atoms with Crippen LogP contribution in [0.2, 0.25) is 10.0 Å². The number of benzene rings is 2. The first-order valence-electron chi connectivity index (χ1n) is 8.71. The van der Waals surface area contributed by atoms with Crippen LogP contribution in [0.3, 0.4) is 0 Å². The molecule has 1 fully saturated rings. The Morgan fingerprint density at radius 2 is 1.74 bits per heavy atom. The van der Waals surface area contributed by atoms with Gasteiger partial charge in [0.1, 0.15) is 10.6 Å². The van der Waals surface area contributed by atoms with E-state index in [1.807, 2.05) is 24.3 Å². The van der Waals surface area contributed by atoms with Crippen LogP contribution in [0.4, 0.5) is 0 Å². The van der Waals surface area contributed by atoms with Crippen molar-refractivity contribution in [2.45, 2.75) is 17.9 Å². The van der Waals surface area contributed by atoms with Crippen LogP contribution in [-0.2, 0) is 16.6 Å². The molecule has 5 nitrogen and oxygen atoms in total. The lowest BCUT2D eigenvalue weighted by Gasteiger charge is -2.22. The van der Waals surface area contributed by atoms with Gasteiger partial charge >= 0.3 is 0 Å². The third-order valence-corrected chi connectivity index (χ3v) is 7.52. The Labute approximate surface area is 170 Å². The quantitative estimate of drug-likeness (QED) is 0.724. The molecule has 0 unspecified atom stereocenters. The summed E-state index contributed by atoms with van der Waals surface area (Å²) in [5.41, 5.74) is 1.17. The molecule has 2 aromatic carbocycles. The van der Waals surface area contributed by atoms with Crippen molar-refractivity contribution in [2.24, 2.45) is 0 Å². The molecule has 8 heteroatoms. The lowest BCUT2D eigenvalue weighted by molar-refractivity contribution is 0.278. The molecular weight excluding hydrogens is 407 g/mol. The first kappa shape index (κ1) is 20.4. The number of hydrogen-bond donors (Lipinski definition) is 0. The molecule has 0 atom stereocenters. The van der Waals surface area contributed by atoms with Gasteiger partial charge in [0, 0.05) is 26.2 Å². The Morgan fingerprint density at radius 3 is 2.44 bits per heavy atom. The zero-order chi connectivity index (χ0) is 19.4. The van der Waals surface area contributed by atoms with E-state index in [-0.39, 0.29) is 14.9 Å². The van der Waals surface area contributed by atoms with Crippen molar-refractivity contribution in [3.8, 4) is 5.75 Å². The Kier molecular flexibility index (Phi) is 6.65. The SMILES string of the molecule is COc1ccc(CN2CCCN(S(=O)(=O)c3cccc(Cl)c3Cl)CC2)cc1. The van der Waals surface area contributed by atoms with Gasteiger partial charge in [-0.15, -0.1) is 0 Å². The van der Waals surface area contributed by atoms with Gasteiger partial charge in [0.2, 0.25) is 10.0 Å². The maximum Gasteiger partial charge on any atom is 0.244 e. The molecule has 2 aromatic rings. The van der Waals surface area contributed by atoms with E-state index in [1.165, 1.54) is 15.9 Å². The van der Waals surface area contributed by atoms with Crippen molar-refractivity contribution in [3.05, 3.63) is 58.1 Å². The van der Waals surface area contributed by atoms with Crippen LogP contribution < -0.4 is 4.74 Å². The first-order chi connectivity index (χ1) is 12.9. The summed E-state index contributed by atoms with van der Waals surface area (Å²) in [6.07, 6.45) is 0.758. The summed E-state index contributed by atoms with van der Waals surface area (Å²) in [5, 5.41) is 0.326. The van der Waals surface area contributed by atoms with E-state index in [2.05, 4.69) is 4.90 Å². The minimum atomic E-state index is -3.67. The zero-order valence-corrected chi connectivity index (χ0v) is 17.4. The fourth-order valence-electron chi connectivity index (χ4n) is 3.16. The fraction of sp³-hybridized carbons (Fsp3) is 0.368. The average molecular weight is 429 g/mol. The third-order valence-electron chi connectivity index (χ3n) is 4.65. The summed E-state index contributed by atoms with van der Waals surface area (Å²) >= 11 is 12.1. The molecule has 1 saturated heterocycles. The molecule has 0 N–H and O–H groups in total. The lowest BCUT2D eigenvalue weighted by atomic mass is 10.2. The predicted octanol–water partition coefficient (Wildman–Crippen LogP) is 3.90. The van der Waals surface area contributed by atoms with E-state index < -0.39 is 10.0 Å². The van der Waals surface area contributed by atoms with Crippen LogP contribution in [0.15, 0.2) is 47.4 Å². The number of nitrogens with zero attached hydrogens (tertiary/aromatic N) is 2. The molecule has 1 aliphatic rings. The smallest absolute Gasteiger partial charge is 0.244 e. The van der Waals surface area contributed by atoms with Crippen LogP contribution in [-0.4, -0.2) is 50.9 Å². The number of sulfonamides is 1. The summed E-state index contributed by atoms with van der Waals surface area (Å²) in [5.74, 6) is 0.824. The third kappa shape index (κ3) is 4.76. The van der Waals surface area contributed by atoms with Gasteiger partial charge in [-0.3, -0.25) is 4.90 Å². The highest BCUT2D eigenvalue weighted by Crippen LogP contribution is 2.31. The zero-order valence-electron chi connectivity index (χ0n) is 15.1. The summed E-state index contributed by atoms with van der Waals surface area (Å²) in [6, 6.07) is 12.6. The molecule has 3 rings (SSSR count). The largest absolute Gasteiger partial charge is 0.497 e. The number of methoxy groups -OCH3 is 1. The van der Waals surface area contributed by atoms with E-state index in [4.69, 9.17) is 27.9 Å². The van der Waals surface area contributed by atoms with Gasteiger partial charge in [-0.1, -0.05) is 41.4 Å². The second kappa shape index (κ2) is 8.80. The topological polar surface area (TPSA) is 49.9 Å². The maximum atomic E-state index is 13.0. The van der Waals surface area contributed by atoms with E-state index in [0.717, 1.165) is 25.3 Å². The molecule has 0 spiro atoms. The highest BCUT2D eigenvalue weighted by atomic mass is 35.5. The second-order valence-electron chi connectivity index (χ2n) is 6.43. The molecule has 0 aliphatic carbocycles. The Balaban J connectivity index is 1.69. The van der Waals surface area contributed by atoms with Crippen LogP contribution in [0.5, 0.6) is 5.75 Å². The fourth-order valence-corrected chi connectivity index (χ4v) is 5.36. The highest BCUT2D eigenvalue weighted by molar-refractivity contribution is 7.89. The van der Waals surface area contributed by atoms with Crippen molar-refractivity contribution >= 4 is 33.2 Å². The summed E-state index contributed by atoms with van der Waals surface area (Å²) < 4.78 is 32.7. The summed E-state index contributed by atoms with van der Waals surface area (Å²) in [4.78, 5) is 2.33. The van der Waals surface area contributed by atoms with Gasteiger partial charge < -0.3 is 4.74 Å². The first-order valence-corrected chi connectivity index (χ1v) is 10.9. The predicted molar refractivity (Wildman–Crippen MR) is 108 cm³/mol. The van der Waals surface area contributed by atoms with E-state index in [0.29, 0.717) is 19.6 Å². The maximum absolute atomic E-state index is 13.0. The van der Waals surface area contributed by atoms with Crippen LogP contribution >= 0.6 is 23.2 Å². The van der Waals surface area contributed by atoms with Gasteiger partial charge in [-0.05, 0) is 42.8 Å². The molecule has 0 aromatic heterocycles. The van der Waals surface area contributed by atoms with Crippen molar-refractivity contribution < 1.29 is 13.2 Å². The molecule has 1 aliphatic heterocycles. The Morgan fingerprint density at radius 1 is 1.00 bits per heavy atom. The van der Waals surface area contributed by atoms with Gasteiger partial charge in [0.05, 0.1) is 17.2 Å². The van der Waals surface area contributed by atoms with Crippen LogP contribution in [0, 0.1) is 0 Å². The summed E-state index contributed by atoms with van der Waals surface area (Å²) in [6.45, 7) is 3.15.